The van der Waals surface area contributed by atoms with Crippen LogP contribution in [0.25, 0.3) is 11.0 Å². The van der Waals surface area contributed by atoms with E-state index < -0.39 is 5.60 Å². The molecule has 4 heteroatoms. The zero-order chi connectivity index (χ0) is 14.8. The second kappa shape index (κ2) is 5.75. The first-order valence-electron chi connectivity index (χ1n) is 7.19. The highest BCUT2D eigenvalue weighted by Crippen LogP contribution is 2.19. The summed E-state index contributed by atoms with van der Waals surface area (Å²) in [5.74, 6) is 0.569. The van der Waals surface area contributed by atoms with E-state index in [-0.39, 0.29) is 12.2 Å². The van der Waals surface area contributed by atoms with Crippen molar-refractivity contribution in [2.75, 3.05) is 0 Å². The third-order valence-electron chi connectivity index (χ3n) is 3.79. The van der Waals surface area contributed by atoms with Crippen LogP contribution in [-0.4, -0.2) is 26.0 Å². The van der Waals surface area contributed by atoms with E-state index in [1.807, 2.05) is 31.2 Å². The molecule has 0 bridgehead atoms. The number of rotatable bonds is 6. The van der Waals surface area contributed by atoms with Crippen molar-refractivity contribution in [1.29, 1.82) is 0 Å². The summed E-state index contributed by atoms with van der Waals surface area (Å²) in [6, 6.07) is 7.89. The van der Waals surface area contributed by atoms with Gasteiger partial charge in [-0.05, 0) is 31.9 Å². The third-order valence-corrected chi connectivity index (χ3v) is 3.79. The van der Waals surface area contributed by atoms with Gasteiger partial charge >= 0.3 is 0 Å². The van der Waals surface area contributed by atoms with Crippen molar-refractivity contribution in [3.05, 3.63) is 30.1 Å². The number of hydrogen-bond acceptors (Lipinski definition) is 3. The fourth-order valence-electron chi connectivity index (χ4n) is 2.26. The summed E-state index contributed by atoms with van der Waals surface area (Å²) >= 11 is 0. The number of aromatic nitrogens is 2. The summed E-state index contributed by atoms with van der Waals surface area (Å²) in [7, 11) is 0. The monoisotopic (exact) mass is 274 g/mol. The molecule has 0 amide bonds. The number of hydrogen-bond donors (Lipinski definition) is 1. The molecule has 1 N–H and O–H groups in total. The zero-order valence-corrected chi connectivity index (χ0v) is 12.4. The highest BCUT2D eigenvalue weighted by molar-refractivity contribution is 5.88. The number of carbonyl (C=O) groups excluding carboxylic acids is 1. The molecule has 0 saturated heterocycles. The summed E-state index contributed by atoms with van der Waals surface area (Å²) in [6.45, 7) is 6.31. The lowest BCUT2D eigenvalue weighted by Gasteiger charge is -2.19. The largest absolute Gasteiger partial charge is 0.382 e. The minimum absolute atomic E-state index is 0.173. The quantitative estimate of drug-likeness (QED) is 0.881. The molecule has 0 aliphatic carbocycles. The van der Waals surface area contributed by atoms with E-state index in [0.717, 1.165) is 29.8 Å². The topological polar surface area (TPSA) is 55.1 Å². The van der Waals surface area contributed by atoms with Crippen LogP contribution in [0.1, 0.15) is 39.4 Å². The number of nitrogens with zero attached hydrogens (tertiary/aromatic N) is 2. The number of fused-ring (bicyclic) bond motifs is 1. The Morgan fingerprint density at radius 1 is 1.35 bits per heavy atom. The first kappa shape index (κ1) is 14.7. The van der Waals surface area contributed by atoms with E-state index >= 15 is 0 Å². The molecule has 0 saturated carbocycles. The Bertz CT molecular complexity index is 614. The molecule has 108 valence electrons. The lowest BCUT2D eigenvalue weighted by molar-refractivity contribution is -0.135. The van der Waals surface area contributed by atoms with Crippen LogP contribution < -0.4 is 0 Å². The van der Waals surface area contributed by atoms with Crippen LogP contribution in [0.5, 0.6) is 0 Å². The summed E-state index contributed by atoms with van der Waals surface area (Å²) in [5, 5.41) is 10.1. The van der Waals surface area contributed by atoms with Crippen LogP contribution in [0.4, 0.5) is 0 Å². The van der Waals surface area contributed by atoms with Crippen molar-refractivity contribution in [2.24, 2.45) is 0 Å². The van der Waals surface area contributed by atoms with Crippen molar-refractivity contribution >= 4 is 16.8 Å². The van der Waals surface area contributed by atoms with Gasteiger partial charge in [-0.25, -0.2) is 4.98 Å². The number of Topliss-reactive ketones (excluding diaryl/α,β-unsaturated/α-hetero) is 1. The Hall–Kier alpha value is -1.68. The molecule has 2 aromatic rings. The molecule has 0 radical (unpaired) electrons. The van der Waals surface area contributed by atoms with Gasteiger partial charge < -0.3 is 9.67 Å². The molecular weight excluding hydrogens is 252 g/mol. The van der Waals surface area contributed by atoms with E-state index in [1.54, 1.807) is 6.92 Å². The number of imidazole rings is 1. The standard InChI is InChI=1S/C16H22N2O2/c1-4-10-18-13-9-7-6-8-12(13)17-15(18)11-14(19)16(3,20)5-2/h6-9,20H,4-5,10-11H2,1-3H3. The Morgan fingerprint density at radius 2 is 2.05 bits per heavy atom. The summed E-state index contributed by atoms with van der Waals surface area (Å²) in [4.78, 5) is 16.7. The van der Waals surface area contributed by atoms with Crippen molar-refractivity contribution in [1.82, 2.24) is 9.55 Å². The number of ketones is 1. The Balaban J connectivity index is 2.38. The van der Waals surface area contributed by atoms with Gasteiger partial charge in [-0.2, -0.15) is 0 Å². The van der Waals surface area contributed by atoms with E-state index in [0.29, 0.717) is 6.42 Å². The van der Waals surface area contributed by atoms with Crippen molar-refractivity contribution < 1.29 is 9.90 Å². The van der Waals surface area contributed by atoms with E-state index in [9.17, 15) is 9.90 Å². The van der Waals surface area contributed by atoms with Gasteiger partial charge in [0.15, 0.2) is 5.78 Å². The molecule has 0 spiro atoms. The average Bonchev–Trinajstić information content (AvgIpc) is 2.77. The summed E-state index contributed by atoms with van der Waals surface area (Å²) in [6.07, 6.45) is 1.57. The summed E-state index contributed by atoms with van der Waals surface area (Å²) in [5.41, 5.74) is 0.683. The van der Waals surface area contributed by atoms with E-state index in [2.05, 4.69) is 16.5 Å². The van der Waals surface area contributed by atoms with Crippen LogP contribution in [0, 0.1) is 0 Å². The Morgan fingerprint density at radius 3 is 2.70 bits per heavy atom. The van der Waals surface area contributed by atoms with E-state index in [4.69, 9.17) is 0 Å². The van der Waals surface area contributed by atoms with Gasteiger partial charge in [0, 0.05) is 6.54 Å². The van der Waals surface area contributed by atoms with Crippen LogP contribution >= 0.6 is 0 Å². The first-order valence-corrected chi connectivity index (χ1v) is 7.19. The van der Waals surface area contributed by atoms with Gasteiger partial charge in [-0.15, -0.1) is 0 Å². The second-order valence-electron chi connectivity index (χ2n) is 5.40. The number of aliphatic hydroxyl groups is 1. The number of benzene rings is 1. The minimum Gasteiger partial charge on any atom is -0.382 e. The van der Waals surface area contributed by atoms with Crippen LogP contribution in [0.15, 0.2) is 24.3 Å². The highest BCUT2D eigenvalue weighted by atomic mass is 16.3. The number of aryl methyl sites for hydroxylation is 1. The summed E-state index contributed by atoms with van der Waals surface area (Å²) < 4.78 is 2.08. The van der Waals surface area contributed by atoms with Crippen molar-refractivity contribution in [3.8, 4) is 0 Å². The number of para-hydroxylation sites is 2. The highest BCUT2D eigenvalue weighted by Gasteiger charge is 2.29. The molecule has 1 heterocycles. The minimum atomic E-state index is -1.27. The van der Waals surface area contributed by atoms with E-state index in [1.165, 1.54) is 0 Å². The first-order chi connectivity index (χ1) is 9.49. The molecule has 4 nitrogen and oxygen atoms in total. The molecule has 1 unspecified atom stereocenters. The predicted molar refractivity (Wildman–Crippen MR) is 79.6 cm³/mol. The Labute approximate surface area is 119 Å². The lowest BCUT2D eigenvalue weighted by atomic mass is 9.95. The van der Waals surface area contributed by atoms with Gasteiger partial charge in [-0.3, -0.25) is 4.79 Å². The predicted octanol–water partition coefficient (Wildman–Crippen LogP) is 2.72. The smallest absolute Gasteiger partial charge is 0.171 e. The fourth-order valence-corrected chi connectivity index (χ4v) is 2.26. The SMILES string of the molecule is CCCn1c(CC(=O)C(C)(O)CC)nc2ccccc21. The molecule has 1 atom stereocenters. The van der Waals surface area contributed by atoms with Crippen molar-refractivity contribution in [2.45, 2.75) is 52.2 Å². The maximum absolute atomic E-state index is 12.2. The van der Waals surface area contributed by atoms with Crippen molar-refractivity contribution in [3.63, 3.8) is 0 Å². The molecule has 1 aromatic heterocycles. The maximum atomic E-state index is 12.2. The third kappa shape index (κ3) is 2.75. The Kier molecular flexibility index (Phi) is 4.23. The fraction of sp³-hybridized carbons (Fsp3) is 0.500. The number of carbonyl (C=O) groups is 1. The zero-order valence-electron chi connectivity index (χ0n) is 12.4. The van der Waals surface area contributed by atoms with Gasteiger partial charge in [0.05, 0.1) is 17.5 Å². The van der Waals surface area contributed by atoms with Gasteiger partial charge in [0.2, 0.25) is 0 Å². The molecular formula is C16H22N2O2. The molecule has 0 aliphatic rings. The van der Waals surface area contributed by atoms with Gasteiger partial charge in [0.1, 0.15) is 11.4 Å². The molecule has 20 heavy (non-hydrogen) atoms. The maximum Gasteiger partial charge on any atom is 0.171 e. The lowest BCUT2D eigenvalue weighted by Crippen LogP contribution is -2.36. The van der Waals surface area contributed by atoms with Crippen LogP contribution in [0.3, 0.4) is 0 Å². The molecule has 0 aliphatic heterocycles. The van der Waals surface area contributed by atoms with Gasteiger partial charge in [-0.1, -0.05) is 26.0 Å². The second-order valence-corrected chi connectivity index (χ2v) is 5.40. The van der Waals surface area contributed by atoms with Crippen LogP contribution in [0.2, 0.25) is 0 Å². The van der Waals surface area contributed by atoms with Crippen LogP contribution in [-0.2, 0) is 17.8 Å². The molecule has 2 rings (SSSR count). The average molecular weight is 274 g/mol. The normalized spacial score (nSPS) is 14.4. The molecule has 0 fully saturated rings. The molecule has 1 aromatic carbocycles. The van der Waals surface area contributed by atoms with Gasteiger partial charge in [0.25, 0.3) is 0 Å².